The molecule has 3 aromatic carbocycles. The van der Waals surface area contributed by atoms with Crippen LogP contribution in [0.1, 0.15) is 33.6 Å². The lowest BCUT2D eigenvalue weighted by Gasteiger charge is -2.18. The Morgan fingerprint density at radius 2 is 1.58 bits per heavy atom. The summed E-state index contributed by atoms with van der Waals surface area (Å²) in [5, 5.41) is 14.3. The summed E-state index contributed by atoms with van der Waals surface area (Å²) < 4.78 is 0. The molecule has 1 N–H and O–H groups in total. The molecule has 1 saturated heterocycles. The number of nitro groups is 1. The molecule has 0 atom stereocenters. The van der Waals surface area contributed by atoms with Gasteiger partial charge in [-0.25, -0.2) is 0 Å². The summed E-state index contributed by atoms with van der Waals surface area (Å²) in [6.45, 7) is 1.55. The van der Waals surface area contributed by atoms with Gasteiger partial charge >= 0.3 is 0 Å². The van der Waals surface area contributed by atoms with E-state index in [4.69, 9.17) is 0 Å². The standard InChI is InChI=1S/C25H24N4O4/c1-27(21-7-3-2-4-8-21)25(31)18-9-12-20(13-10-18)26-24(30)19-11-14-22(23(17-19)29(32)33)28-15-5-6-16-28/h2-4,7-14,17H,5-6,15-16H2,1H3,(H,26,30). The number of anilines is 3. The lowest BCUT2D eigenvalue weighted by atomic mass is 10.1. The van der Waals surface area contributed by atoms with Gasteiger partial charge in [0.2, 0.25) is 0 Å². The number of hydrogen-bond donors (Lipinski definition) is 1. The quantitative estimate of drug-likeness (QED) is 0.438. The Hall–Kier alpha value is -4.20. The molecule has 1 heterocycles. The first-order valence-electron chi connectivity index (χ1n) is 10.7. The van der Waals surface area contributed by atoms with Crippen LogP contribution in [0.25, 0.3) is 0 Å². The molecule has 0 radical (unpaired) electrons. The summed E-state index contributed by atoms with van der Waals surface area (Å²) in [6, 6.07) is 20.4. The largest absolute Gasteiger partial charge is 0.366 e. The minimum Gasteiger partial charge on any atom is -0.366 e. The highest BCUT2D eigenvalue weighted by molar-refractivity contribution is 6.07. The first-order valence-corrected chi connectivity index (χ1v) is 10.7. The first kappa shape index (κ1) is 22.0. The third-order valence-electron chi connectivity index (χ3n) is 5.72. The average Bonchev–Trinajstić information content (AvgIpc) is 3.38. The van der Waals surface area contributed by atoms with E-state index in [0.717, 1.165) is 31.6 Å². The van der Waals surface area contributed by atoms with Crippen molar-refractivity contribution in [2.45, 2.75) is 12.8 Å². The maximum absolute atomic E-state index is 12.7. The molecule has 1 aliphatic heterocycles. The van der Waals surface area contributed by atoms with Crippen molar-refractivity contribution < 1.29 is 14.5 Å². The monoisotopic (exact) mass is 444 g/mol. The molecule has 8 nitrogen and oxygen atoms in total. The van der Waals surface area contributed by atoms with E-state index in [-0.39, 0.29) is 17.2 Å². The molecular weight excluding hydrogens is 420 g/mol. The summed E-state index contributed by atoms with van der Waals surface area (Å²) in [5.74, 6) is -0.626. The summed E-state index contributed by atoms with van der Waals surface area (Å²) >= 11 is 0. The van der Waals surface area contributed by atoms with Gasteiger partial charge in [0.15, 0.2) is 0 Å². The molecule has 1 aliphatic rings. The van der Waals surface area contributed by atoms with Gasteiger partial charge in [-0.1, -0.05) is 18.2 Å². The van der Waals surface area contributed by atoms with E-state index in [1.54, 1.807) is 48.3 Å². The summed E-state index contributed by atoms with van der Waals surface area (Å²) in [4.78, 5) is 40.1. The molecule has 0 unspecified atom stereocenters. The number of nitrogens with zero attached hydrogens (tertiary/aromatic N) is 3. The van der Waals surface area contributed by atoms with Crippen LogP contribution in [-0.2, 0) is 0 Å². The third kappa shape index (κ3) is 4.85. The molecule has 2 amide bonds. The smallest absolute Gasteiger partial charge is 0.293 e. The van der Waals surface area contributed by atoms with Crippen LogP contribution in [0.4, 0.5) is 22.7 Å². The van der Waals surface area contributed by atoms with E-state index in [9.17, 15) is 19.7 Å². The molecule has 168 valence electrons. The second-order valence-corrected chi connectivity index (χ2v) is 7.89. The Labute approximate surface area is 191 Å². The van der Waals surface area contributed by atoms with Gasteiger partial charge in [-0.05, 0) is 61.4 Å². The topological polar surface area (TPSA) is 95.8 Å². The van der Waals surface area contributed by atoms with Crippen LogP contribution in [0.15, 0.2) is 72.8 Å². The van der Waals surface area contributed by atoms with E-state index in [1.165, 1.54) is 6.07 Å². The Morgan fingerprint density at radius 3 is 2.21 bits per heavy atom. The van der Waals surface area contributed by atoms with Gasteiger partial charge in [0.25, 0.3) is 17.5 Å². The third-order valence-corrected chi connectivity index (χ3v) is 5.72. The molecule has 4 rings (SSSR count). The van der Waals surface area contributed by atoms with E-state index in [1.807, 2.05) is 35.2 Å². The van der Waals surface area contributed by atoms with Gasteiger partial charge < -0.3 is 15.1 Å². The number of benzene rings is 3. The van der Waals surface area contributed by atoms with Gasteiger partial charge in [-0.2, -0.15) is 0 Å². The van der Waals surface area contributed by atoms with Crippen molar-refractivity contribution in [3.63, 3.8) is 0 Å². The van der Waals surface area contributed by atoms with Crippen molar-refractivity contribution >= 4 is 34.6 Å². The number of amides is 2. The SMILES string of the molecule is CN(C(=O)c1ccc(NC(=O)c2ccc(N3CCCC3)c([N+](=O)[O-])c2)cc1)c1ccccc1. The highest BCUT2D eigenvalue weighted by atomic mass is 16.6. The number of carbonyl (C=O) groups is 2. The molecule has 33 heavy (non-hydrogen) atoms. The summed E-state index contributed by atoms with van der Waals surface area (Å²) in [7, 11) is 1.70. The van der Waals surface area contributed by atoms with Crippen LogP contribution >= 0.6 is 0 Å². The fourth-order valence-electron chi connectivity index (χ4n) is 3.90. The predicted octanol–water partition coefficient (Wildman–Crippen LogP) is 4.72. The molecule has 0 aliphatic carbocycles. The van der Waals surface area contributed by atoms with Crippen molar-refractivity contribution in [2.75, 3.05) is 35.3 Å². The van der Waals surface area contributed by atoms with E-state index in [2.05, 4.69) is 5.32 Å². The first-order chi connectivity index (χ1) is 15.9. The molecule has 8 heteroatoms. The van der Waals surface area contributed by atoms with Gasteiger partial charge in [-0.15, -0.1) is 0 Å². The zero-order chi connectivity index (χ0) is 23.4. The van der Waals surface area contributed by atoms with Crippen LogP contribution in [0.3, 0.4) is 0 Å². The molecular formula is C25H24N4O4. The minimum absolute atomic E-state index is 0.0746. The van der Waals surface area contributed by atoms with Crippen molar-refractivity contribution in [2.24, 2.45) is 0 Å². The molecule has 1 fully saturated rings. The molecule has 0 spiro atoms. The number of hydrogen-bond acceptors (Lipinski definition) is 5. The normalized spacial score (nSPS) is 12.9. The van der Waals surface area contributed by atoms with Crippen molar-refractivity contribution in [1.29, 1.82) is 0 Å². The average molecular weight is 444 g/mol. The summed E-state index contributed by atoms with van der Waals surface area (Å²) in [5.41, 5.74) is 2.41. The Morgan fingerprint density at radius 1 is 0.939 bits per heavy atom. The zero-order valence-corrected chi connectivity index (χ0v) is 18.2. The van der Waals surface area contributed by atoms with E-state index >= 15 is 0 Å². The zero-order valence-electron chi connectivity index (χ0n) is 18.2. The lowest BCUT2D eigenvalue weighted by Crippen LogP contribution is -2.26. The van der Waals surface area contributed by atoms with Gasteiger partial charge in [0, 0.05) is 48.7 Å². The van der Waals surface area contributed by atoms with Crippen LogP contribution < -0.4 is 15.1 Å². The molecule has 0 aromatic heterocycles. The lowest BCUT2D eigenvalue weighted by molar-refractivity contribution is -0.384. The Kier molecular flexibility index (Phi) is 6.35. The highest BCUT2D eigenvalue weighted by Gasteiger charge is 2.24. The second kappa shape index (κ2) is 9.52. The number of para-hydroxylation sites is 1. The number of nitro benzene ring substituents is 1. The fraction of sp³-hybridized carbons (Fsp3) is 0.200. The van der Waals surface area contributed by atoms with E-state index in [0.29, 0.717) is 16.9 Å². The van der Waals surface area contributed by atoms with Crippen molar-refractivity contribution in [1.82, 2.24) is 0 Å². The Balaban J connectivity index is 1.47. The minimum atomic E-state index is -0.452. The van der Waals surface area contributed by atoms with Crippen LogP contribution in [-0.4, -0.2) is 36.9 Å². The number of rotatable bonds is 6. The van der Waals surface area contributed by atoms with Crippen molar-refractivity contribution in [3.8, 4) is 0 Å². The van der Waals surface area contributed by atoms with Crippen LogP contribution in [0.2, 0.25) is 0 Å². The molecule has 3 aromatic rings. The maximum atomic E-state index is 12.7. The predicted molar refractivity (Wildman–Crippen MR) is 128 cm³/mol. The highest BCUT2D eigenvalue weighted by Crippen LogP contribution is 2.32. The van der Waals surface area contributed by atoms with Gasteiger partial charge in [0.05, 0.1) is 4.92 Å². The van der Waals surface area contributed by atoms with Gasteiger partial charge in [0.1, 0.15) is 5.69 Å². The second-order valence-electron chi connectivity index (χ2n) is 7.89. The Bertz CT molecular complexity index is 1170. The summed E-state index contributed by atoms with van der Waals surface area (Å²) in [6.07, 6.45) is 2.00. The van der Waals surface area contributed by atoms with Crippen LogP contribution in [0.5, 0.6) is 0 Å². The number of nitrogens with one attached hydrogen (secondary N) is 1. The van der Waals surface area contributed by atoms with Crippen molar-refractivity contribution in [3.05, 3.63) is 94.0 Å². The molecule has 0 saturated carbocycles. The van der Waals surface area contributed by atoms with Crippen LogP contribution in [0, 0.1) is 10.1 Å². The fourth-order valence-corrected chi connectivity index (χ4v) is 3.90. The number of carbonyl (C=O) groups excluding carboxylic acids is 2. The maximum Gasteiger partial charge on any atom is 0.293 e. The van der Waals surface area contributed by atoms with Gasteiger partial charge in [-0.3, -0.25) is 19.7 Å². The molecule has 0 bridgehead atoms. The van der Waals surface area contributed by atoms with E-state index < -0.39 is 10.8 Å².